The summed E-state index contributed by atoms with van der Waals surface area (Å²) in [6.45, 7) is 5.89. The van der Waals surface area contributed by atoms with Crippen molar-refractivity contribution in [3.05, 3.63) is 34.5 Å². The highest BCUT2D eigenvalue weighted by atomic mass is 16.5. The molecule has 2 aromatic rings. The van der Waals surface area contributed by atoms with Crippen LogP contribution in [0.4, 0.5) is 0 Å². The van der Waals surface area contributed by atoms with Crippen LogP contribution in [-0.4, -0.2) is 28.0 Å². The maximum atomic E-state index is 11.3. The Hall–Kier alpha value is -2.30. The number of nitrogens with zero attached hydrogens (tertiary/aromatic N) is 2. The fourth-order valence-corrected chi connectivity index (χ4v) is 2.53. The van der Waals surface area contributed by atoms with Crippen molar-refractivity contribution in [3.63, 3.8) is 0 Å². The summed E-state index contributed by atoms with van der Waals surface area (Å²) in [5.41, 5.74) is 4.68. The van der Waals surface area contributed by atoms with Crippen molar-refractivity contribution in [2.75, 3.05) is 7.11 Å². The molecule has 5 heteroatoms. The fourth-order valence-electron chi connectivity index (χ4n) is 2.53. The molecule has 1 aromatic heterocycles. The van der Waals surface area contributed by atoms with Crippen LogP contribution in [0.2, 0.25) is 0 Å². The molecule has 0 bridgehead atoms. The van der Waals surface area contributed by atoms with Gasteiger partial charge >= 0.3 is 5.97 Å². The lowest BCUT2D eigenvalue weighted by molar-refractivity contribution is 0.0697. The van der Waals surface area contributed by atoms with Gasteiger partial charge < -0.3 is 9.84 Å². The zero-order valence-electron chi connectivity index (χ0n) is 12.3. The van der Waals surface area contributed by atoms with Gasteiger partial charge in [0.05, 0.1) is 19.0 Å². The van der Waals surface area contributed by atoms with Crippen LogP contribution < -0.4 is 4.74 Å². The van der Waals surface area contributed by atoms with Crippen molar-refractivity contribution in [1.82, 2.24) is 9.78 Å². The standard InChI is InChI=1S/C15H18N2O3/c1-8-6-11(9(2)10(3)14(8)20-5)13-12(15(18)19)7-16-17(13)4/h6-7H,1-5H3,(H,18,19). The van der Waals surface area contributed by atoms with Crippen molar-refractivity contribution < 1.29 is 14.6 Å². The lowest BCUT2D eigenvalue weighted by Gasteiger charge is -2.16. The average molecular weight is 274 g/mol. The molecular formula is C15H18N2O3. The summed E-state index contributed by atoms with van der Waals surface area (Å²) < 4.78 is 6.99. The Morgan fingerprint density at radius 2 is 1.95 bits per heavy atom. The Kier molecular flexibility index (Phi) is 3.53. The highest BCUT2D eigenvalue weighted by Gasteiger charge is 2.20. The van der Waals surface area contributed by atoms with Crippen LogP contribution in [0.5, 0.6) is 5.75 Å². The normalized spacial score (nSPS) is 10.7. The van der Waals surface area contributed by atoms with E-state index in [-0.39, 0.29) is 5.56 Å². The molecule has 0 saturated heterocycles. The number of carbonyl (C=O) groups is 1. The third-order valence-corrected chi connectivity index (χ3v) is 3.65. The van der Waals surface area contributed by atoms with Crippen molar-refractivity contribution in [3.8, 4) is 17.0 Å². The SMILES string of the molecule is COc1c(C)cc(-c2c(C(=O)O)cnn2C)c(C)c1C. The van der Waals surface area contributed by atoms with Gasteiger partial charge in [-0.3, -0.25) is 4.68 Å². The first-order valence-electron chi connectivity index (χ1n) is 6.29. The number of carboxylic acids is 1. The van der Waals surface area contributed by atoms with E-state index in [1.54, 1.807) is 18.8 Å². The van der Waals surface area contributed by atoms with E-state index < -0.39 is 5.97 Å². The zero-order valence-corrected chi connectivity index (χ0v) is 12.3. The minimum absolute atomic E-state index is 0.208. The molecule has 0 amide bonds. The van der Waals surface area contributed by atoms with Gasteiger partial charge in [0.25, 0.3) is 0 Å². The summed E-state index contributed by atoms with van der Waals surface area (Å²) in [4.78, 5) is 11.3. The molecule has 5 nitrogen and oxygen atoms in total. The molecule has 0 atom stereocenters. The molecule has 1 N–H and O–H groups in total. The van der Waals surface area contributed by atoms with Crippen LogP contribution in [0.1, 0.15) is 27.0 Å². The molecule has 0 aliphatic rings. The minimum Gasteiger partial charge on any atom is -0.496 e. The Labute approximate surface area is 117 Å². The first-order valence-corrected chi connectivity index (χ1v) is 6.29. The molecular weight excluding hydrogens is 256 g/mol. The van der Waals surface area contributed by atoms with E-state index in [2.05, 4.69) is 5.10 Å². The number of rotatable bonds is 3. The molecule has 20 heavy (non-hydrogen) atoms. The number of aromatic carboxylic acids is 1. The van der Waals surface area contributed by atoms with Gasteiger partial charge in [-0.05, 0) is 43.5 Å². The number of ether oxygens (including phenoxy) is 1. The second-order valence-corrected chi connectivity index (χ2v) is 4.86. The van der Waals surface area contributed by atoms with Crippen LogP contribution in [-0.2, 0) is 7.05 Å². The maximum Gasteiger partial charge on any atom is 0.339 e. The van der Waals surface area contributed by atoms with Gasteiger partial charge in [-0.1, -0.05) is 0 Å². The monoisotopic (exact) mass is 274 g/mol. The molecule has 0 spiro atoms. The Bertz CT molecular complexity index is 687. The number of methoxy groups -OCH3 is 1. The zero-order chi connectivity index (χ0) is 15.0. The second-order valence-electron chi connectivity index (χ2n) is 4.86. The van der Waals surface area contributed by atoms with Gasteiger partial charge in [-0.2, -0.15) is 5.10 Å². The Morgan fingerprint density at radius 3 is 2.50 bits per heavy atom. The lowest BCUT2D eigenvalue weighted by atomic mass is 9.95. The molecule has 1 heterocycles. The Balaban J connectivity index is 2.78. The van der Waals surface area contributed by atoms with Gasteiger partial charge in [-0.15, -0.1) is 0 Å². The smallest absolute Gasteiger partial charge is 0.339 e. The van der Waals surface area contributed by atoms with Crippen LogP contribution in [0.3, 0.4) is 0 Å². The molecule has 0 saturated carbocycles. The van der Waals surface area contributed by atoms with Gasteiger partial charge in [-0.25, -0.2) is 4.79 Å². The molecule has 0 aliphatic carbocycles. The molecule has 0 fully saturated rings. The number of aromatic nitrogens is 2. The van der Waals surface area contributed by atoms with Crippen molar-refractivity contribution >= 4 is 5.97 Å². The quantitative estimate of drug-likeness (QED) is 0.934. The van der Waals surface area contributed by atoms with E-state index in [1.165, 1.54) is 6.20 Å². The summed E-state index contributed by atoms with van der Waals surface area (Å²) in [6, 6.07) is 1.95. The minimum atomic E-state index is -0.973. The third-order valence-electron chi connectivity index (χ3n) is 3.65. The summed E-state index contributed by atoms with van der Waals surface area (Å²) in [6.07, 6.45) is 1.38. The molecule has 0 aliphatic heterocycles. The first kappa shape index (κ1) is 14.1. The van der Waals surface area contributed by atoms with Crippen LogP contribution >= 0.6 is 0 Å². The molecule has 0 unspecified atom stereocenters. The number of aryl methyl sites for hydroxylation is 2. The van der Waals surface area contributed by atoms with E-state index in [4.69, 9.17) is 4.74 Å². The molecule has 0 radical (unpaired) electrons. The topological polar surface area (TPSA) is 64.3 Å². The second kappa shape index (κ2) is 5.00. The highest BCUT2D eigenvalue weighted by molar-refractivity contribution is 5.95. The van der Waals surface area contributed by atoms with E-state index in [0.717, 1.165) is 28.0 Å². The third kappa shape index (κ3) is 2.05. The summed E-state index contributed by atoms with van der Waals surface area (Å²) in [5, 5.41) is 13.4. The number of benzene rings is 1. The molecule has 2 rings (SSSR count). The van der Waals surface area contributed by atoms with Gasteiger partial charge in [0.1, 0.15) is 11.3 Å². The number of hydrogen-bond donors (Lipinski definition) is 1. The lowest BCUT2D eigenvalue weighted by Crippen LogP contribution is -2.04. The van der Waals surface area contributed by atoms with Crippen molar-refractivity contribution in [2.45, 2.75) is 20.8 Å². The molecule has 106 valence electrons. The summed E-state index contributed by atoms with van der Waals surface area (Å²) >= 11 is 0. The molecule has 1 aromatic carbocycles. The van der Waals surface area contributed by atoms with Crippen LogP contribution in [0, 0.1) is 20.8 Å². The highest BCUT2D eigenvalue weighted by Crippen LogP contribution is 2.35. The Morgan fingerprint density at radius 1 is 1.30 bits per heavy atom. The van der Waals surface area contributed by atoms with Gasteiger partial charge in [0.2, 0.25) is 0 Å². The average Bonchev–Trinajstić information content (AvgIpc) is 2.76. The van der Waals surface area contributed by atoms with Crippen molar-refractivity contribution in [1.29, 1.82) is 0 Å². The maximum absolute atomic E-state index is 11.3. The fraction of sp³-hybridized carbons (Fsp3) is 0.333. The van der Waals surface area contributed by atoms with Crippen molar-refractivity contribution in [2.24, 2.45) is 7.05 Å². The van der Waals surface area contributed by atoms with Gasteiger partial charge in [0, 0.05) is 12.6 Å². The number of hydrogen-bond acceptors (Lipinski definition) is 3. The number of carboxylic acid groups (broad SMARTS) is 1. The van der Waals surface area contributed by atoms with Crippen LogP contribution in [0.25, 0.3) is 11.3 Å². The van der Waals surface area contributed by atoms with E-state index >= 15 is 0 Å². The summed E-state index contributed by atoms with van der Waals surface area (Å²) in [7, 11) is 3.39. The van der Waals surface area contributed by atoms with E-state index in [0.29, 0.717) is 5.69 Å². The first-order chi connectivity index (χ1) is 9.38. The van der Waals surface area contributed by atoms with E-state index in [9.17, 15) is 9.90 Å². The predicted octanol–water partition coefficient (Wildman–Crippen LogP) is 2.72. The predicted molar refractivity (Wildman–Crippen MR) is 76.4 cm³/mol. The largest absolute Gasteiger partial charge is 0.496 e. The van der Waals surface area contributed by atoms with E-state index in [1.807, 2.05) is 26.8 Å². The summed E-state index contributed by atoms with van der Waals surface area (Å²) in [5.74, 6) is -0.135. The van der Waals surface area contributed by atoms with Crippen LogP contribution in [0.15, 0.2) is 12.3 Å². The van der Waals surface area contributed by atoms with Gasteiger partial charge in [0.15, 0.2) is 0 Å².